The molecule has 0 amide bonds. The van der Waals surface area contributed by atoms with E-state index in [1.54, 1.807) is 6.07 Å². The zero-order valence-electron chi connectivity index (χ0n) is 5.78. The number of carbonyl (C=O) groups is 1. The maximum atomic E-state index is 10.4. The topological polar surface area (TPSA) is 74.0 Å². The quantitative estimate of drug-likeness (QED) is 0.782. The highest BCUT2D eigenvalue weighted by Crippen LogP contribution is 2.08. The van der Waals surface area contributed by atoms with E-state index in [1.165, 1.54) is 12.1 Å². The van der Waals surface area contributed by atoms with Gasteiger partial charge in [-0.15, -0.1) is 0 Å². The average Bonchev–Trinajstić information content (AvgIpc) is 2.03. The number of aromatic nitrogens is 1. The molecular weight excluding hydrogens is 271 g/mol. The predicted molar refractivity (Wildman–Crippen MR) is 48.6 cm³/mol. The smallest absolute Gasteiger partial charge is 0.354 e. The van der Waals surface area contributed by atoms with Crippen molar-refractivity contribution < 1.29 is 9.90 Å². The molecule has 1 rings (SSSR count). The lowest BCUT2D eigenvalue weighted by Crippen LogP contribution is -2.02. The van der Waals surface area contributed by atoms with Gasteiger partial charge >= 0.3 is 5.97 Å². The van der Waals surface area contributed by atoms with Gasteiger partial charge in [0.2, 0.25) is 0 Å². The van der Waals surface area contributed by atoms with Crippen molar-refractivity contribution in [3.05, 3.63) is 27.1 Å². The van der Waals surface area contributed by atoms with Crippen LogP contribution in [-0.4, -0.2) is 16.1 Å². The third kappa shape index (κ3) is 1.92. The molecule has 0 atom stereocenters. The molecule has 0 saturated carbocycles. The van der Waals surface area contributed by atoms with Crippen LogP contribution in [0.15, 0.2) is 12.1 Å². The summed E-state index contributed by atoms with van der Waals surface area (Å²) in [6, 6.07) is 4.71. The Morgan fingerprint density at radius 2 is 2.33 bits per heavy atom. The summed E-state index contributed by atoms with van der Waals surface area (Å²) in [6.45, 7) is 0. The molecule has 0 aromatic carbocycles. The number of nitrogens with zero attached hydrogens (tertiary/aromatic N) is 2. The first-order chi connectivity index (χ1) is 5.63. The van der Waals surface area contributed by atoms with Gasteiger partial charge in [0.05, 0.1) is 0 Å². The Labute approximate surface area is 82.0 Å². The monoisotopic (exact) mass is 274 g/mol. The lowest BCUT2D eigenvalue weighted by molar-refractivity contribution is 0.0690. The van der Waals surface area contributed by atoms with Crippen molar-refractivity contribution in [1.82, 2.24) is 4.98 Å². The van der Waals surface area contributed by atoms with E-state index in [2.05, 4.69) is 4.98 Å². The van der Waals surface area contributed by atoms with E-state index >= 15 is 0 Å². The molecule has 0 aliphatic rings. The molecular formula is C7H3IN2O2. The van der Waals surface area contributed by atoms with Gasteiger partial charge in [-0.05, 0) is 34.7 Å². The number of carboxylic acids is 1. The molecule has 60 valence electrons. The molecule has 1 aromatic rings. The number of rotatable bonds is 1. The van der Waals surface area contributed by atoms with Gasteiger partial charge in [0.1, 0.15) is 11.8 Å². The summed E-state index contributed by atoms with van der Waals surface area (Å²) in [5, 5.41) is 17.0. The Balaban J connectivity index is 3.26. The molecule has 5 heteroatoms. The van der Waals surface area contributed by atoms with Crippen molar-refractivity contribution in [2.24, 2.45) is 0 Å². The Bertz CT molecular complexity index is 370. The van der Waals surface area contributed by atoms with E-state index < -0.39 is 5.97 Å². The lowest BCUT2D eigenvalue weighted by Gasteiger charge is -1.95. The van der Waals surface area contributed by atoms with Crippen molar-refractivity contribution in [3.8, 4) is 6.07 Å². The van der Waals surface area contributed by atoms with Crippen molar-refractivity contribution in [2.45, 2.75) is 0 Å². The lowest BCUT2D eigenvalue weighted by atomic mass is 10.3. The number of nitriles is 1. The van der Waals surface area contributed by atoms with Gasteiger partial charge in [-0.25, -0.2) is 9.78 Å². The van der Waals surface area contributed by atoms with E-state index in [9.17, 15) is 4.79 Å². The molecule has 0 spiro atoms. The van der Waals surface area contributed by atoms with Gasteiger partial charge < -0.3 is 5.11 Å². The van der Waals surface area contributed by atoms with Crippen LogP contribution in [-0.2, 0) is 0 Å². The van der Waals surface area contributed by atoms with E-state index in [-0.39, 0.29) is 11.4 Å². The van der Waals surface area contributed by atoms with Crippen LogP contribution in [0.5, 0.6) is 0 Å². The van der Waals surface area contributed by atoms with Crippen LogP contribution in [0.2, 0.25) is 0 Å². The van der Waals surface area contributed by atoms with Crippen molar-refractivity contribution in [1.29, 1.82) is 5.26 Å². The molecule has 12 heavy (non-hydrogen) atoms. The number of halogens is 1. The van der Waals surface area contributed by atoms with Crippen molar-refractivity contribution >= 4 is 28.6 Å². The Hall–Kier alpha value is -1.16. The Morgan fingerprint density at radius 1 is 1.67 bits per heavy atom. The number of aromatic carboxylic acids is 1. The fraction of sp³-hybridized carbons (Fsp3) is 0. The molecule has 0 radical (unpaired) electrons. The summed E-state index contributed by atoms with van der Waals surface area (Å²) in [4.78, 5) is 14.0. The minimum Gasteiger partial charge on any atom is -0.477 e. The van der Waals surface area contributed by atoms with Gasteiger partial charge in [-0.2, -0.15) is 5.26 Å². The van der Waals surface area contributed by atoms with Crippen molar-refractivity contribution in [2.75, 3.05) is 0 Å². The second kappa shape index (κ2) is 3.49. The summed E-state index contributed by atoms with van der Waals surface area (Å²) in [5.41, 5.74) is 0.0257. The van der Waals surface area contributed by atoms with Crippen LogP contribution >= 0.6 is 22.6 Å². The van der Waals surface area contributed by atoms with Gasteiger partial charge in [-0.1, -0.05) is 0 Å². The minimum absolute atomic E-state index is 0.0987. The third-order valence-corrected chi connectivity index (χ3v) is 1.75. The number of hydrogen-bond donors (Lipinski definition) is 1. The van der Waals surface area contributed by atoms with E-state index in [1.807, 2.05) is 22.6 Å². The second-order valence-electron chi connectivity index (χ2n) is 1.97. The Morgan fingerprint density at radius 3 is 2.83 bits per heavy atom. The third-order valence-electron chi connectivity index (χ3n) is 1.12. The molecule has 1 N–H and O–H groups in total. The highest BCUT2D eigenvalue weighted by molar-refractivity contribution is 14.1. The van der Waals surface area contributed by atoms with Crippen LogP contribution in [0.1, 0.15) is 16.2 Å². The average molecular weight is 274 g/mol. The van der Waals surface area contributed by atoms with E-state index in [0.717, 1.165) is 0 Å². The zero-order valence-corrected chi connectivity index (χ0v) is 7.94. The summed E-state index contributed by atoms with van der Waals surface area (Å²) in [6.07, 6.45) is 0. The standard InChI is InChI=1S/C7H3IN2O2/c8-4-1-5(3-9)10-6(2-4)7(11)12/h1-2H,(H,11,12). The largest absolute Gasteiger partial charge is 0.477 e. The molecule has 4 nitrogen and oxygen atoms in total. The van der Waals surface area contributed by atoms with Gasteiger partial charge in [0.25, 0.3) is 0 Å². The first kappa shape index (κ1) is 8.93. The fourth-order valence-corrected chi connectivity index (χ4v) is 1.25. The molecule has 0 unspecified atom stereocenters. The molecule has 0 fully saturated rings. The number of hydrogen-bond acceptors (Lipinski definition) is 3. The molecule has 0 aliphatic carbocycles. The first-order valence-electron chi connectivity index (χ1n) is 2.94. The highest BCUT2D eigenvalue weighted by Gasteiger charge is 2.06. The maximum Gasteiger partial charge on any atom is 0.354 e. The summed E-state index contributed by atoms with van der Waals surface area (Å²) >= 11 is 1.93. The van der Waals surface area contributed by atoms with Gasteiger partial charge in [-0.3, -0.25) is 0 Å². The first-order valence-corrected chi connectivity index (χ1v) is 4.02. The molecule has 1 heterocycles. The normalized spacial score (nSPS) is 9.00. The summed E-state index contributed by atoms with van der Waals surface area (Å²) in [5.74, 6) is -1.12. The van der Waals surface area contributed by atoms with Crippen LogP contribution in [0, 0.1) is 14.9 Å². The van der Waals surface area contributed by atoms with Crippen LogP contribution in [0.3, 0.4) is 0 Å². The zero-order chi connectivity index (χ0) is 9.14. The highest BCUT2D eigenvalue weighted by atomic mass is 127. The molecule has 0 aliphatic heterocycles. The fourth-order valence-electron chi connectivity index (χ4n) is 0.664. The molecule has 0 saturated heterocycles. The van der Waals surface area contributed by atoms with Crippen LogP contribution < -0.4 is 0 Å². The molecule has 1 aromatic heterocycles. The van der Waals surface area contributed by atoms with E-state index in [4.69, 9.17) is 10.4 Å². The van der Waals surface area contributed by atoms with Crippen LogP contribution in [0.4, 0.5) is 0 Å². The molecule has 0 bridgehead atoms. The van der Waals surface area contributed by atoms with Gasteiger partial charge in [0.15, 0.2) is 5.69 Å². The minimum atomic E-state index is -1.12. The Kier molecular flexibility index (Phi) is 2.60. The summed E-state index contributed by atoms with van der Waals surface area (Å²) in [7, 11) is 0. The van der Waals surface area contributed by atoms with E-state index in [0.29, 0.717) is 3.57 Å². The maximum absolute atomic E-state index is 10.4. The van der Waals surface area contributed by atoms with Gasteiger partial charge in [0, 0.05) is 3.57 Å². The van der Waals surface area contributed by atoms with Crippen molar-refractivity contribution in [3.63, 3.8) is 0 Å². The summed E-state index contributed by atoms with van der Waals surface area (Å²) < 4.78 is 0.691. The number of carboxylic acid groups (broad SMARTS) is 1. The van der Waals surface area contributed by atoms with Crippen LogP contribution in [0.25, 0.3) is 0 Å². The predicted octanol–water partition coefficient (Wildman–Crippen LogP) is 1.26. The number of pyridine rings is 1. The SMILES string of the molecule is N#Cc1cc(I)cc(C(=O)O)n1. The second-order valence-corrected chi connectivity index (χ2v) is 3.22.